The summed E-state index contributed by atoms with van der Waals surface area (Å²) in [5, 5.41) is 3.24. The molecule has 3 N–H and O–H groups in total. The van der Waals surface area contributed by atoms with Crippen LogP contribution in [0.25, 0.3) is 0 Å². The third kappa shape index (κ3) is 2.33. The number of primary amides is 1. The van der Waals surface area contributed by atoms with Crippen LogP contribution in [0.15, 0.2) is 18.2 Å². The lowest BCUT2D eigenvalue weighted by Crippen LogP contribution is -2.20. The summed E-state index contributed by atoms with van der Waals surface area (Å²) in [5.74, 6) is 0.405. The summed E-state index contributed by atoms with van der Waals surface area (Å²) < 4.78 is 5.78. The lowest BCUT2D eigenvalue weighted by Gasteiger charge is -2.13. The maximum Gasteiger partial charge on any atom is 0.248 e. The summed E-state index contributed by atoms with van der Waals surface area (Å²) >= 11 is 0. The van der Waals surface area contributed by atoms with Crippen LogP contribution in [0, 0.1) is 6.92 Å². The molecule has 0 aromatic heterocycles. The average Bonchev–Trinajstić information content (AvgIpc) is 2.70. The lowest BCUT2D eigenvalue weighted by molar-refractivity contribution is 0.0999. The molecule has 1 aliphatic heterocycles. The third-order valence-corrected chi connectivity index (χ3v) is 2.78. The number of rotatable bonds is 3. The zero-order valence-electron chi connectivity index (χ0n) is 9.32. The van der Waals surface area contributed by atoms with Crippen LogP contribution >= 0.6 is 0 Å². The Balaban J connectivity index is 2.11. The predicted molar refractivity (Wildman–Crippen MR) is 61.6 cm³/mol. The van der Waals surface area contributed by atoms with Gasteiger partial charge in [0.15, 0.2) is 0 Å². The highest BCUT2D eigenvalue weighted by Crippen LogP contribution is 2.19. The summed E-state index contributed by atoms with van der Waals surface area (Å²) in [6.07, 6.45) is 1.26. The van der Waals surface area contributed by atoms with Gasteiger partial charge in [0.05, 0.1) is 0 Å². The monoisotopic (exact) mass is 220 g/mol. The van der Waals surface area contributed by atoms with Gasteiger partial charge in [-0.1, -0.05) is 0 Å². The Hall–Kier alpha value is -1.55. The Kier molecular flexibility index (Phi) is 3.10. The number of aryl methyl sites for hydroxylation is 1. The highest BCUT2D eigenvalue weighted by molar-refractivity contribution is 5.94. The molecule has 4 nitrogen and oxygen atoms in total. The molecule has 1 aliphatic rings. The molecule has 4 heteroatoms. The van der Waals surface area contributed by atoms with Crippen LogP contribution in [0.2, 0.25) is 0 Å². The third-order valence-electron chi connectivity index (χ3n) is 2.78. The van der Waals surface area contributed by atoms with Crippen molar-refractivity contribution in [2.75, 3.05) is 13.1 Å². The fourth-order valence-electron chi connectivity index (χ4n) is 1.91. The largest absolute Gasteiger partial charge is 0.489 e. The van der Waals surface area contributed by atoms with E-state index in [1.807, 2.05) is 13.0 Å². The molecule has 86 valence electrons. The number of benzene rings is 1. The van der Waals surface area contributed by atoms with Crippen molar-refractivity contribution >= 4 is 5.91 Å². The minimum atomic E-state index is -0.397. The first-order valence-electron chi connectivity index (χ1n) is 5.44. The highest BCUT2D eigenvalue weighted by atomic mass is 16.5. The van der Waals surface area contributed by atoms with Crippen LogP contribution in [0.3, 0.4) is 0 Å². The summed E-state index contributed by atoms with van der Waals surface area (Å²) in [4.78, 5) is 11.0. The molecule has 0 radical (unpaired) electrons. The van der Waals surface area contributed by atoms with Crippen molar-refractivity contribution in [1.29, 1.82) is 0 Å². The first-order chi connectivity index (χ1) is 7.66. The van der Waals surface area contributed by atoms with Gasteiger partial charge in [-0.3, -0.25) is 4.79 Å². The van der Waals surface area contributed by atoms with Crippen molar-refractivity contribution in [3.63, 3.8) is 0 Å². The Labute approximate surface area is 94.8 Å². The quantitative estimate of drug-likeness (QED) is 0.793. The van der Waals surface area contributed by atoms with Gasteiger partial charge >= 0.3 is 0 Å². The summed E-state index contributed by atoms with van der Waals surface area (Å²) in [6.45, 7) is 3.75. The molecule has 0 aliphatic carbocycles. The number of hydrogen-bond donors (Lipinski definition) is 2. The molecule has 1 aromatic carbocycles. The number of carbonyl (C=O) groups excluding carboxylic acids is 1. The molecule has 2 rings (SSSR count). The van der Waals surface area contributed by atoms with Gasteiger partial charge in [-0.25, -0.2) is 0 Å². The van der Waals surface area contributed by atoms with E-state index in [9.17, 15) is 4.79 Å². The van der Waals surface area contributed by atoms with E-state index in [1.165, 1.54) is 0 Å². The molecular formula is C12H16N2O2. The maximum atomic E-state index is 11.0. The molecule has 0 saturated carbocycles. The molecule has 0 bridgehead atoms. The van der Waals surface area contributed by atoms with E-state index in [0.29, 0.717) is 5.56 Å². The second-order valence-corrected chi connectivity index (χ2v) is 4.07. The van der Waals surface area contributed by atoms with E-state index in [4.69, 9.17) is 10.5 Å². The molecule has 0 spiro atoms. The van der Waals surface area contributed by atoms with Gasteiger partial charge in [0.25, 0.3) is 0 Å². The molecule has 1 heterocycles. The molecule has 1 saturated heterocycles. The van der Waals surface area contributed by atoms with Crippen LogP contribution in [0.4, 0.5) is 0 Å². The number of nitrogens with two attached hydrogens (primary N) is 1. The van der Waals surface area contributed by atoms with Gasteiger partial charge in [0.2, 0.25) is 5.91 Å². The summed E-state index contributed by atoms with van der Waals surface area (Å²) in [6, 6.07) is 5.37. The molecule has 1 amide bonds. The molecule has 1 atom stereocenters. The van der Waals surface area contributed by atoms with Gasteiger partial charge < -0.3 is 15.8 Å². The zero-order valence-corrected chi connectivity index (χ0v) is 9.32. The first-order valence-corrected chi connectivity index (χ1v) is 5.44. The van der Waals surface area contributed by atoms with Gasteiger partial charge in [0.1, 0.15) is 11.9 Å². The van der Waals surface area contributed by atoms with Crippen LogP contribution in [0.1, 0.15) is 22.3 Å². The predicted octanol–water partition coefficient (Wildman–Crippen LogP) is 0.835. The fourth-order valence-corrected chi connectivity index (χ4v) is 1.91. The molecule has 1 unspecified atom stereocenters. The lowest BCUT2D eigenvalue weighted by atomic mass is 10.1. The van der Waals surface area contributed by atoms with E-state index in [0.717, 1.165) is 30.8 Å². The van der Waals surface area contributed by atoms with Crippen molar-refractivity contribution in [1.82, 2.24) is 5.32 Å². The number of nitrogens with one attached hydrogen (secondary N) is 1. The fraction of sp³-hybridized carbons (Fsp3) is 0.417. The highest BCUT2D eigenvalue weighted by Gasteiger charge is 2.16. The smallest absolute Gasteiger partial charge is 0.248 e. The number of hydrogen-bond acceptors (Lipinski definition) is 3. The Morgan fingerprint density at radius 1 is 1.56 bits per heavy atom. The standard InChI is InChI=1S/C12H16N2O2/c1-8-6-9(2-3-11(8)12(13)15)16-10-4-5-14-7-10/h2-3,6,10,14H,4-5,7H2,1H3,(H2,13,15). The zero-order chi connectivity index (χ0) is 11.5. The van der Waals surface area contributed by atoms with E-state index in [2.05, 4.69) is 5.32 Å². The van der Waals surface area contributed by atoms with Gasteiger partial charge in [-0.2, -0.15) is 0 Å². The summed E-state index contributed by atoms with van der Waals surface area (Å²) in [7, 11) is 0. The Morgan fingerprint density at radius 2 is 2.38 bits per heavy atom. The topological polar surface area (TPSA) is 64.3 Å². The first kappa shape index (κ1) is 11.0. The molecule has 1 fully saturated rings. The van der Waals surface area contributed by atoms with Crippen molar-refractivity contribution in [3.8, 4) is 5.75 Å². The van der Waals surface area contributed by atoms with Crippen LogP contribution in [-0.4, -0.2) is 25.1 Å². The second kappa shape index (κ2) is 4.53. The van der Waals surface area contributed by atoms with E-state index >= 15 is 0 Å². The van der Waals surface area contributed by atoms with E-state index in [1.54, 1.807) is 12.1 Å². The molecular weight excluding hydrogens is 204 g/mol. The SMILES string of the molecule is Cc1cc(OC2CCNC2)ccc1C(N)=O. The minimum absolute atomic E-state index is 0.235. The van der Waals surface area contributed by atoms with Crippen LogP contribution in [-0.2, 0) is 0 Å². The minimum Gasteiger partial charge on any atom is -0.489 e. The van der Waals surface area contributed by atoms with E-state index in [-0.39, 0.29) is 6.10 Å². The number of amides is 1. The summed E-state index contributed by atoms with van der Waals surface area (Å²) in [5.41, 5.74) is 6.65. The maximum absolute atomic E-state index is 11.0. The van der Waals surface area contributed by atoms with Crippen molar-refractivity contribution in [2.24, 2.45) is 5.73 Å². The molecule has 1 aromatic rings. The van der Waals surface area contributed by atoms with Gasteiger partial charge in [-0.15, -0.1) is 0 Å². The van der Waals surface area contributed by atoms with Crippen LogP contribution < -0.4 is 15.8 Å². The van der Waals surface area contributed by atoms with Crippen molar-refractivity contribution in [3.05, 3.63) is 29.3 Å². The van der Waals surface area contributed by atoms with Crippen LogP contribution in [0.5, 0.6) is 5.75 Å². The normalized spacial score (nSPS) is 19.7. The Morgan fingerprint density at radius 3 is 2.94 bits per heavy atom. The van der Waals surface area contributed by atoms with Crippen molar-refractivity contribution in [2.45, 2.75) is 19.4 Å². The van der Waals surface area contributed by atoms with E-state index < -0.39 is 5.91 Å². The number of ether oxygens (including phenoxy) is 1. The average molecular weight is 220 g/mol. The van der Waals surface area contributed by atoms with Crippen molar-refractivity contribution < 1.29 is 9.53 Å². The molecule has 16 heavy (non-hydrogen) atoms. The number of carbonyl (C=O) groups is 1. The Bertz CT molecular complexity index is 398. The van der Waals surface area contributed by atoms with Gasteiger partial charge in [-0.05, 0) is 43.7 Å². The van der Waals surface area contributed by atoms with Gasteiger partial charge in [0, 0.05) is 12.1 Å². The second-order valence-electron chi connectivity index (χ2n) is 4.07.